The molecule has 0 bridgehead atoms. The monoisotopic (exact) mass is 401 g/mol. The SMILES string of the molecule is Cc1ccc(NC(=O)C2(c3ccc4c(c3)COC4)CC2)nc1-c1c[nH]c(=O)c(C)c1. The normalized spacial score (nSPS) is 16.2. The van der Waals surface area contributed by atoms with E-state index in [4.69, 9.17) is 4.74 Å². The Kier molecular flexibility index (Phi) is 4.33. The second-order valence-corrected chi connectivity index (χ2v) is 8.28. The molecule has 2 N–H and O–H groups in total. The van der Waals surface area contributed by atoms with E-state index in [1.165, 1.54) is 11.1 Å². The maximum atomic E-state index is 13.2. The number of amides is 1. The summed E-state index contributed by atoms with van der Waals surface area (Å²) in [5.74, 6) is 0.488. The van der Waals surface area contributed by atoms with Crippen LogP contribution >= 0.6 is 0 Å². The lowest BCUT2D eigenvalue weighted by molar-refractivity contribution is -0.118. The Labute approximate surface area is 174 Å². The zero-order chi connectivity index (χ0) is 20.9. The maximum absolute atomic E-state index is 13.2. The fourth-order valence-corrected chi connectivity index (χ4v) is 4.10. The maximum Gasteiger partial charge on any atom is 0.250 e. The standard InChI is InChI=1S/C24H23N3O3/c1-14-3-6-20(26-21(14)17-9-15(2)22(28)25-11-17)27-23(29)24(7-8-24)19-5-4-16-12-30-13-18(16)10-19/h3-6,9-11H,7-8,12-13H2,1-2H3,(H,25,28)(H,26,27,29). The van der Waals surface area contributed by atoms with Crippen molar-refractivity contribution in [2.45, 2.75) is 45.3 Å². The molecule has 1 aliphatic carbocycles. The minimum Gasteiger partial charge on any atom is -0.372 e. The summed E-state index contributed by atoms with van der Waals surface area (Å²) in [5.41, 5.74) is 5.99. The summed E-state index contributed by atoms with van der Waals surface area (Å²) in [6.45, 7) is 4.99. The van der Waals surface area contributed by atoms with Crippen LogP contribution in [0.4, 0.5) is 5.82 Å². The molecule has 6 nitrogen and oxygen atoms in total. The smallest absolute Gasteiger partial charge is 0.250 e. The number of fused-ring (bicyclic) bond motifs is 1. The van der Waals surface area contributed by atoms with Crippen molar-refractivity contribution in [3.8, 4) is 11.3 Å². The number of ether oxygens (including phenoxy) is 1. The van der Waals surface area contributed by atoms with Gasteiger partial charge < -0.3 is 15.0 Å². The summed E-state index contributed by atoms with van der Waals surface area (Å²) >= 11 is 0. The highest BCUT2D eigenvalue weighted by molar-refractivity contribution is 6.01. The lowest BCUT2D eigenvalue weighted by Gasteiger charge is -2.17. The Morgan fingerprint density at radius 2 is 1.87 bits per heavy atom. The second kappa shape index (κ2) is 6.92. The summed E-state index contributed by atoms with van der Waals surface area (Å²) < 4.78 is 5.51. The summed E-state index contributed by atoms with van der Waals surface area (Å²) in [7, 11) is 0. The molecule has 2 aliphatic rings. The zero-order valence-electron chi connectivity index (χ0n) is 17.0. The quantitative estimate of drug-likeness (QED) is 0.697. The highest BCUT2D eigenvalue weighted by atomic mass is 16.5. The Balaban J connectivity index is 1.42. The van der Waals surface area contributed by atoms with Crippen molar-refractivity contribution in [1.82, 2.24) is 9.97 Å². The van der Waals surface area contributed by atoms with Crippen LogP contribution in [0.1, 0.15) is 40.7 Å². The minimum absolute atomic E-state index is 0.0266. The number of rotatable bonds is 4. The molecule has 0 atom stereocenters. The number of nitrogens with one attached hydrogen (secondary N) is 2. The average molecular weight is 401 g/mol. The van der Waals surface area contributed by atoms with E-state index >= 15 is 0 Å². The van der Waals surface area contributed by atoms with Crippen molar-refractivity contribution in [3.63, 3.8) is 0 Å². The molecule has 0 unspecified atom stereocenters. The molecule has 3 heterocycles. The van der Waals surface area contributed by atoms with Gasteiger partial charge in [0.25, 0.3) is 5.56 Å². The number of pyridine rings is 2. The van der Waals surface area contributed by atoms with Crippen LogP contribution in [0.15, 0.2) is 47.4 Å². The zero-order valence-corrected chi connectivity index (χ0v) is 17.0. The van der Waals surface area contributed by atoms with Crippen molar-refractivity contribution in [2.24, 2.45) is 0 Å². The van der Waals surface area contributed by atoms with E-state index in [1.54, 1.807) is 13.1 Å². The first-order chi connectivity index (χ1) is 14.5. The van der Waals surface area contributed by atoms with E-state index < -0.39 is 5.41 Å². The van der Waals surface area contributed by atoms with Gasteiger partial charge in [-0.3, -0.25) is 9.59 Å². The van der Waals surface area contributed by atoms with Gasteiger partial charge >= 0.3 is 0 Å². The van der Waals surface area contributed by atoms with Gasteiger partial charge in [0, 0.05) is 17.3 Å². The number of carbonyl (C=O) groups is 1. The number of carbonyl (C=O) groups excluding carboxylic acids is 1. The molecule has 1 amide bonds. The molecule has 2 aromatic heterocycles. The Morgan fingerprint density at radius 1 is 1.07 bits per heavy atom. The molecule has 3 aromatic rings. The number of hydrogen-bond donors (Lipinski definition) is 2. The molecule has 1 aliphatic heterocycles. The predicted octanol–water partition coefficient (Wildman–Crippen LogP) is 3.75. The summed E-state index contributed by atoms with van der Waals surface area (Å²) in [6.07, 6.45) is 3.32. The summed E-state index contributed by atoms with van der Waals surface area (Å²) in [5, 5.41) is 3.02. The molecule has 0 spiro atoms. The van der Waals surface area contributed by atoms with Crippen LogP contribution in [0.25, 0.3) is 11.3 Å². The largest absolute Gasteiger partial charge is 0.372 e. The van der Waals surface area contributed by atoms with Gasteiger partial charge in [0.1, 0.15) is 5.82 Å². The van der Waals surface area contributed by atoms with Gasteiger partial charge in [0.05, 0.1) is 24.3 Å². The molecular weight excluding hydrogens is 378 g/mol. The van der Waals surface area contributed by atoms with Crippen molar-refractivity contribution < 1.29 is 9.53 Å². The second-order valence-electron chi connectivity index (χ2n) is 8.28. The number of hydrogen-bond acceptors (Lipinski definition) is 4. The van der Waals surface area contributed by atoms with Gasteiger partial charge in [-0.05, 0) is 61.1 Å². The van der Waals surface area contributed by atoms with Crippen LogP contribution in [0.2, 0.25) is 0 Å². The van der Waals surface area contributed by atoms with E-state index in [9.17, 15) is 9.59 Å². The first kappa shape index (κ1) is 18.8. The minimum atomic E-state index is -0.487. The molecule has 6 heteroatoms. The van der Waals surface area contributed by atoms with E-state index in [-0.39, 0.29) is 11.5 Å². The molecule has 5 rings (SSSR count). The third kappa shape index (κ3) is 3.13. The van der Waals surface area contributed by atoms with Crippen LogP contribution in [-0.4, -0.2) is 15.9 Å². The third-order valence-electron chi connectivity index (χ3n) is 6.16. The van der Waals surface area contributed by atoms with Gasteiger partial charge in [-0.2, -0.15) is 0 Å². The number of aromatic amines is 1. The number of H-pyrrole nitrogens is 1. The van der Waals surface area contributed by atoms with E-state index in [1.807, 2.05) is 25.1 Å². The average Bonchev–Trinajstić information content (AvgIpc) is 3.42. The van der Waals surface area contributed by atoms with Crippen molar-refractivity contribution in [3.05, 3.63) is 80.8 Å². The Bertz CT molecular complexity index is 1220. The molecule has 1 fully saturated rings. The summed E-state index contributed by atoms with van der Waals surface area (Å²) in [4.78, 5) is 32.3. The number of anilines is 1. The Morgan fingerprint density at radius 3 is 2.63 bits per heavy atom. The predicted molar refractivity (Wildman–Crippen MR) is 114 cm³/mol. The molecule has 1 saturated carbocycles. The van der Waals surface area contributed by atoms with E-state index in [0.29, 0.717) is 24.6 Å². The fraction of sp³-hybridized carbons (Fsp3) is 0.292. The van der Waals surface area contributed by atoms with E-state index in [2.05, 4.69) is 33.5 Å². The molecular formula is C24H23N3O3. The van der Waals surface area contributed by atoms with Gasteiger partial charge in [0.2, 0.25) is 5.91 Å². The molecule has 30 heavy (non-hydrogen) atoms. The van der Waals surface area contributed by atoms with Crippen molar-refractivity contribution in [2.75, 3.05) is 5.32 Å². The third-order valence-corrected chi connectivity index (χ3v) is 6.16. The van der Waals surface area contributed by atoms with Crippen LogP contribution in [0.5, 0.6) is 0 Å². The van der Waals surface area contributed by atoms with E-state index in [0.717, 1.165) is 35.2 Å². The Hall–Kier alpha value is -3.25. The number of nitrogens with zero attached hydrogens (tertiary/aromatic N) is 1. The molecule has 0 saturated heterocycles. The highest BCUT2D eigenvalue weighted by Gasteiger charge is 2.51. The number of aryl methyl sites for hydroxylation is 2. The topological polar surface area (TPSA) is 84.1 Å². The highest BCUT2D eigenvalue weighted by Crippen LogP contribution is 2.49. The van der Waals surface area contributed by atoms with Crippen LogP contribution in [-0.2, 0) is 28.2 Å². The van der Waals surface area contributed by atoms with Crippen molar-refractivity contribution in [1.29, 1.82) is 0 Å². The lowest BCUT2D eigenvalue weighted by Crippen LogP contribution is -2.28. The molecule has 0 radical (unpaired) electrons. The van der Waals surface area contributed by atoms with Crippen molar-refractivity contribution >= 4 is 11.7 Å². The summed E-state index contributed by atoms with van der Waals surface area (Å²) in [6, 6.07) is 11.8. The van der Waals surface area contributed by atoms with Gasteiger partial charge in [-0.1, -0.05) is 24.3 Å². The first-order valence-electron chi connectivity index (χ1n) is 10.2. The molecule has 1 aromatic carbocycles. The van der Waals surface area contributed by atoms with Crippen LogP contribution in [0, 0.1) is 13.8 Å². The number of aromatic nitrogens is 2. The van der Waals surface area contributed by atoms with Gasteiger partial charge in [-0.25, -0.2) is 4.98 Å². The first-order valence-corrected chi connectivity index (χ1v) is 10.2. The van der Waals surface area contributed by atoms with Crippen LogP contribution < -0.4 is 10.9 Å². The lowest BCUT2D eigenvalue weighted by atomic mass is 9.92. The van der Waals surface area contributed by atoms with Crippen LogP contribution in [0.3, 0.4) is 0 Å². The van der Waals surface area contributed by atoms with Gasteiger partial charge in [-0.15, -0.1) is 0 Å². The fourth-order valence-electron chi connectivity index (χ4n) is 4.10. The molecule has 152 valence electrons. The van der Waals surface area contributed by atoms with Gasteiger partial charge in [0.15, 0.2) is 0 Å². The number of benzene rings is 1.